The molecule has 124 valence electrons. The van der Waals surface area contributed by atoms with Crippen LogP contribution in [0.1, 0.15) is 11.1 Å². The first-order chi connectivity index (χ1) is 12.8. The number of hydrogen-bond acceptors (Lipinski definition) is 6. The van der Waals surface area contributed by atoms with Crippen LogP contribution in [0.25, 0.3) is 27.7 Å². The standard InChI is InChI=1S/C19H12N6O/c1-11-9-17(21-14-6-4-7-15-18(14)24-26-23-15)25-16-8-3-2-5-13(16)22-19(25)12(11)10-20/h2-9,21H,1H3. The number of anilines is 2. The number of nitriles is 1. The SMILES string of the molecule is Cc1cc(Nc2cccc3nonc23)n2c(nc3ccccc32)c1C#N. The summed E-state index contributed by atoms with van der Waals surface area (Å²) in [5, 5.41) is 20.8. The summed E-state index contributed by atoms with van der Waals surface area (Å²) >= 11 is 0. The Balaban J connectivity index is 1.83. The first kappa shape index (κ1) is 14.4. The number of rotatable bonds is 2. The van der Waals surface area contributed by atoms with Gasteiger partial charge in [0.2, 0.25) is 0 Å². The van der Waals surface area contributed by atoms with Gasteiger partial charge in [0, 0.05) is 0 Å². The van der Waals surface area contributed by atoms with E-state index >= 15 is 0 Å². The first-order valence-electron chi connectivity index (χ1n) is 8.05. The third kappa shape index (κ3) is 1.96. The van der Waals surface area contributed by atoms with E-state index in [9.17, 15) is 5.26 Å². The molecule has 1 N–H and O–H groups in total. The highest BCUT2D eigenvalue weighted by atomic mass is 16.6. The number of nitrogens with zero attached hydrogens (tertiary/aromatic N) is 5. The number of benzene rings is 2. The zero-order chi connectivity index (χ0) is 17.7. The molecule has 0 radical (unpaired) electrons. The smallest absolute Gasteiger partial charge is 0.158 e. The maximum Gasteiger partial charge on any atom is 0.158 e. The molecule has 0 unspecified atom stereocenters. The van der Waals surface area contributed by atoms with Gasteiger partial charge in [0.25, 0.3) is 0 Å². The second-order valence-corrected chi connectivity index (χ2v) is 6.02. The van der Waals surface area contributed by atoms with Crippen molar-refractivity contribution < 1.29 is 4.63 Å². The predicted octanol–water partition coefficient (Wildman–Crippen LogP) is 3.95. The maximum absolute atomic E-state index is 9.58. The fourth-order valence-electron chi connectivity index (χ4n) is 3.23. The average molecular weight is 340 g/mol. The minimum atomic E-state index is 0.563. The van der Waals surface area contributed by atoms with Crippen LogP contribution < -0.4 is 5.32 Å². The number of pyridine rings is 1. The first-order valence-corrected chi connectivity index (χ1v) is 8.05. The Labute approximate surface area is 147 Å². The van der Waals surface area contributed by atoms with Gasteiger partial charge >= 0.3 is 0 Å². The molecular formula is C19H12N6O. The number of imidazole rings is 1. The number of para-hydroxylation sites is 2. The fraction of sp³-hybridized carbons (Fsp3) is 0.0526. The number of hydrogen-bond donors (Lipinski definition) is 1. The molecule has 0 aliphatic carbocycles. The third-order valence-corrected chi connectivity index (χ3v) is 4.43. The van der Waals surface area contributed by atoms with Gasteiger partial charge in [0.1, 0.15) is 17.4 Å². The van der Waals surface area contributed by atoms with E-state index in [0.717, 1.165) is 28.1 Å². The summed E-state index contributed by atoms with van der Waals surface area (Å²) in [5.41, 5.74) is 5.88. The van der Waals surface area contributed by atoms with Gasteiger partial charge in [0.05, 0.1) is 22.3 Å². The van der Waals surface area contributed by atoms with Crippen molar-refractivity contribution in [3.63, 3.8) is 0 Å². The molecule has 0 fully saturated rings. The average Bonchev–Trinajstić information content (AvgIpc) is 3.27. The summed E-state index contributed by atoms with van der Waals surface area (Å²) < 4.78 is 6.80. The molecule has 5 rings (SSSR count). The molecule has 7 nitrogen and oxygen atoms in total. The Hall–Kier alpha value is -3.92. The predicted molar refractivity (Wildman–Crippen MR) is 97.2 cm³/mol. The van der Waals surface area contributed by atoms with Crippen molar-refractivity contribution in [2.75, 3.05) is 5.32 Å². The lowest BCUT2D eigenvalue weighted by molar-refractivity contribution is 0.315. The molecule has 0 saturated carbocycles. The highest BCUT2D eigenvalue weighted by molar-refractivity contribution is 5.91. The molecule has 2 aromatic carbocycles. The molecule has 0 amide bonds. The topological polar surface area (TPSA) is 92.0 Å². The molecule has 0 spiro atoms. The van der Waals surface area contributed by atoms with Gasteiger partial charge in [-0.3, -0.25) is 4.40 Å². The molecule has 0 bridgehead atoms. The van der Waals surface area contributed by atoms with Crippen LogP contribution in [0.3, 0.4) is 0 Å². The molecule has 3 heterocycles. The van der Waals surface area contributed by atoms with Gasteiger partial charge in [-0.2, -0.15) is 5.26 Å². The summed E-state index contributed by atoms with van der Waals surface area (Å²) in [6, 6.07) is 17.6. The van der Waals surface area contributed by atoms with Crippen LogP contribution in [0.5, 0.6) is 0 Å². The van der Waals surface area contributed by atoms with Gasteiger partial charge < -0.3 is 5.32 Å². The summed E-state index contributed by atoms with van der Waals surface area (Å²) in [6.45, 7) is 1.90. The van der Waals surface area contributed by atoms with E-state index in [4.69, 9.17) is 4.63 Å². The van der Waals surface area contributed by atoms with E-state index in [1.165, 1.54) is 0 Å². The molecule has 0 aliphatic heterocycles. The van der Waals surface area contributed by atoms with E-state index in [0.29, 0.717) is 22.2 Å². The molecule has 3 aromatic heterocycles. The van der Waals surface area contributed by atoms with Crippen LogP contribution in [-0.2, 0) is 0 Å². The molecule has 26 heavy (non-hydrogen) atoms. The highest BCUT2D eigenvalue weighted by Crippen LogP contribution is 2.30. The van der Waals surface area contributed by atoms with Crippen LogP contribution in [0.2, 0.25) is 0 Å². The second kappa shape index (κ2) is 5.29. The number of aromatic nitrogens is 4. The Morgan fingerprint density at radius 2 is 1.92 bits per heavy atom. The maximum atomic E-state index is 9.58. The minimum absolute atomic E-state index is 0.563. The van der Waals surface area contributed by atoms with Crippen molar-refractivity contribution in [3.8, 4) is 6.07 Å². The number of fused-ring (bicyclic) bond motifs is 4. The molecule has 0 atom stereocenters. The van der Waals surface area contributed by atoms with Crippen LogP contribution in [-0.4, -0.2) is 19.7 Å². The lowest BCUT2D eigenvalue weighted by atomic mass is 10.1. The van der Waals surface area contributed by atoms with E-state index in [1.807, 2.05) is 59.9 Å². The third-order valence-electron chi connectivity index (χ3n) is 4.43. The Kier molecular flexibility index (Phi) is 2.94. The lowest BCUT2D eigenvalue weighted by Gasteiger charge is -2.12. The Bertz CT molecular complexity index is 1340. The zero-order valence-electron chi connectivity index (χ0n) is 13.8. The lowest BCUT2D eigenvalue weighted by Crippen LogP contribution is -2.02. The Morgan fingerprint density at radius 1 is 1.08 bits per heavy atom. The van der Waals surface area contributed by atoms with Gasteiger partial charge in [-0.1, -0.05) is 18.2 Å². The summed E-state index contributed by atoms with van der Waals surface area (Å²) in [5.74, 6) is 0.792. The summed E-state index contributed by atoms with van der Waals surface area (Å²) in [6.07, 6.45) is 0. The van der Waals surface area contributed by atoms with Gasteiger partial charge in [0.15, 0.2) is 11.2 Å². The van der Waals surface area contributed by atoms with Crippen LogP contribution in [0.4, 0.5) is 11.5 Å². The second-order valence-electron chi connectivity index (χ2n) is 6.02. The van der Waals surface area contributed by atoms with Crippen molar-refractivity contribution in [1.82, 2.24) is 19.7 Å². The molecule has 5 aromatic rings. The van der Waals surface area contributed by atoms with Crippen molar-refractivity contribution in [2.24, 2.45) is 0 Å². The zero-order valence-corrected chi connectivity index (χ0v) is 13.8. The van der Waals surface area contributed by atoms with Gasteiger partial charge in [-0.05, 0) is 53.1 Å². The molecule has 0 saturated heterocycles. The van der Waals surface area contributed by atoms with E-state index in [1.54, 1.807) is 0 Å². The molecule has 0 aliphatic rings. The Morgan fingerprint density at radius 3 is 2.81 bits per heavy atom. The van der Waals surface area contributed by atoms with Crippen molar-refractivity contribution in [2.45, 2.75) is 6.92 Å². The summed E-state index contributed by atoms with van der Waals surface area (Å²) in [4.78, 5) is 4.66. The van der Waals surface area contributed by atoms with Crippen LogP contribution in [0, 0.1) is 18.3 Å². The monoisotopic (exact) mass is 340 g/mol. The normalized spacial score (nSPS) is 11.2. The van der Waals surface area contributed by atoms with Gasteiger partial charge in [-0.25, -0.2) is 9.61 Å². The van der Waals surface area contributed by atoms with E-state index in [2.05, 4.69) is 26.7 Å². The molecule has 7 heteroatoms. The number of aryl methyl sites for hydroxylation is 1. The van der Waals surface area contributed by atoms with Crippen LogP contribution in [0.15, 0.2) is 53.2 Å². The highest BCUT2D eigenvalue weighted by Gasteiger charge is 2.16. The number of nitrogens with one attached hydrogen (secondary N) is 1. The van der Waals surface area contributed by atoms with Gasteiger partial charge in [-0.15, -0.1) is 0 Å². The van der Waals surface area contributed by atoms with E-state index in [-0.39, 0.29) is 0 Å². The fourth-order valence-corrected chi connectivity index (χ4v) is 3.23. The van der Waals surface area contributed by atoms with Crippen molar-refractivity contribution in [3.05, 3.63) is 59.7 Å². The molecular weight excluding hydrogens is 328 g/mol. The quantitative estimate of drug-likeness (QED) is 0.523. The van der Waals surface area contributed by atoms with Crippen LogP contribution >= 0.6 is 0 Å². The minimum Gasteiger partial charge on any atom is -0.339 e. The van der Waals surface area contributed by atoms with E-state index < -0.39 is 0 Å². The summed E-state index contributed by atoms with van der Waals surface area (Å²) in [7, 11) is 0. The largest absolute Gasteiger partial charge is 0.339 e. The van der Waals surface area contributed by atoms with Crippen molar-refractivity contribution >= 4 is 39.2 Å². The van der Waals surface area contributed by atoms with Crippen molar-refractivity contribution in [1.29, 1.82) is 5.26 Å².